The van der Waals surface area contributed by atoms with Gasteiger partial charge in [-0.3, -0.25) is 0 Å². The number of imidazole rings is 1. The van der Waals surface area contributed by atoms with E-state index in [0.29, 0.717) is 0 Å². The molecule has 117 valence electrons. The van der Waals surface area contributed by atoms with Crippen molar-refractivity contribution in [2.75, 3.05) is 0 Å². The van der Waals surface area contributed by atoms with Crippen LogP contribution in [0.25, 0.3) is 0 Å². The number of rotatable bonds is 3. The second-order valence-corrected chi connectivity index (χ2v) is 14.8. The van der Waals surface area contributed by atoms with Crippen molar-refractivity contribution >= 4 is 32.1 Å². The van der Waals surface area contributed by atoms with E-state index in [1.165, 1.54) is 6.33 Å². The van der Waals surface area contributed by atoms with E-state index in [4.69, 9.17) is 0 Å². The fraction of sp³-hybridized carbons (Fsp3) is 0. The minimum atomic E-state index is -2.17. The van der Waals surface area contributed by atoms with E-state index in [1.807, 2.05) is 0 Å². The molecule has 0 amide bonds. The molecule has 3 heteroatoms. The first-order valence-corrected chi connectivity index (χ1v) is 13.7. The van der Waals surface area contributed by atoms with Crippen LogP contribution in [0, 0.1) is 0 Å². The second kappa shape index (κ2) is 9.18. The van der Waals surface area contributed by atoms with Crippen LogP contribution >= 0.6 is 0 Å². The number of hydrogen-bond acceptors (Lipinski definition) is 1. The summed E-state index contributed by atoms with van der Waals surface area (Å²) in [6.45, 7) is 0. The molecule has 0 N–H and O–H groups in total. The molecule has 4 rings (SSSR count). The Morgan fingerprint density at radius 3 is 1.25 bits per heavy atom. The Morgan fingerprint density at radius 2 is 1.00 bits per heavy atom. The van der Waals surface area contributed by atoms with Crippen LogP contribution in [0.15, 0.2) is 110 Å². The molecule has 0 saturated heterocycles. The summed E-state index contributed by atoms with van der Waals surface area (Å²) in [4.78, 5) is 7.22. The van der Waals surface area contributed by atoms with Gasteiger partial charge in [-0.05, 0) is 0 Å². The van der Waals surface area contributed by atoms with Gasteiger partial charge in [-0.1, -0.05) is 18.7 Å². The molecule has 0 spiro atoms. The van der Waals surface area contributed by atoms with Gasteiger partial charge in [-0.2, -0.15) is 0 Å². The molecule has 1 aromatic heterocycles. The first-order valence-electron chi connectivity index (χ1n) is 7.85. The Kier molecular flexibility index (Phi) is 6.36. The minimum absolute atomic E-state index is 1.50. The Morgan fingerprint density at radius 1 is 0.583 bits per heavy atom. The molecule has 0 aliphatic rings. The maximum atomic E-state index is 3.61. The van der Waals surface area contributed by atoms with E-state index >= 15 is 0 Å². The van der Waals surface area contributed by atoms with Crippen LogP contribution in [0.4, 0.5) is 0 Å². The van der Waals surface area contributed by atoms with Gasteiger partial charge in [0, 0.05) is 0 Å². The first-order chi connectivity index (χ1) is 11.9. The second-order valence-electron chi connectivity index (χ2n) is 5.18. The van der Waals surface area contributed by atoms with E-state index in [-0.39, 0.29) is 0 Å². The van der Waals surface area contributed by atoms with Crippen molar-refractivity contribution in [3.63, 3.8) is 0 Å². The van der Waals surface area contributed by atoms with Gasteiger partial charge in [0.05, 0.1) is 0 Å². The van der Waals surface area contributed by atoms with Crippen LogP contribution in [0.3, 0.4) is 0 Å². The average molecular weight is 506 g/mol. The summed E-state index contributed by atoms with van der Waals surface area (Å²) >= 11 is -2.17. The summed E-state index contributed by atoms with van der Waals surface area (Å²) in [5.41, 5.74) is 0. The summed E-state index contributed by atoms with van der Waals surface area (Å²) in [5, 5.41) is 0. The molecule has 3 aromatic carbocycles. The Hall–Kier alpha value is -2.21. The van der Waals surface area contributed by atoms with Gasteiger partial charge >= 0.3 is 123 Å². The van der Waals surface area contributed by atoms with Crippen LogP contribution in [0.2, 0.25) is 0 Å². The van der Waals surface area contributed by atoms with Gasteiger partial charge in [-0.25, -0.2) is 0 Å². The van der Waals surface area contributed by atoms with E-state index in [2.05, 4.69) is 101 Å². The van der Waals surface area contributed by atoms with Crippen molar-refractivity contribution in [2.45, 2.75) is 0 Å². The van der Waals surface area contributed by atoms with Crippen molar-refractivity contribution in [1.82, 2.24) is 9.97 Å². The normalized spacial score (nSPS) is 10.0. The Balaban J connectivity index is 0.000000290. The van der Waals surface area contributed by atoms with Gasteiger partial charge < -0.3 is 9.97 Å². The predicted molar refractivity (Wildman–Crippen MR) is 102 cm³/mol. The van der Waals surface area contributed by atoms with E-state index in [0.717, 1.165) is 0 Å². The summed E-state index contributed by atoms with van der Waals surface area (Å²) in [6, 6.07) is 33.0. The number of nitrogens with zero attached hydrogens (tertiary/aromatic N) is 2. The summed E-state index contributed by atoms with van der Waals surface area (Å²) in [7, 11) is 0. The van der Waals surface area contributed by atoms with E-state index in [9.17, 15) is 0 Å². The Labute approximate surface area is 151 Å². The SMILES string of the molecule is c1c[n-]cn1.c1cc[c]([Pb]([c]2ccccc2)[c]2ccccc2)cc1. The molecule has 0 aliphatic heterocycles. The van der Waals surface area contributed by atoms with Gasteiger partial charge in [0.25, 0.3) is 0 Å². The number of hydrogen-bond donors (Lipinski definition) is 0. The van der Waals surface area contributed by atoms with Gasteiger partial charge in [0.15, 0.2) is 0 Å². The molecule has 0 atom stereocenters. The third kappa shape index (κ3) is 4.64. The van der Waals surface area contributed by atoms with Crippen LogP contribution in [0.1, 0.15) is 0 Å². The van der Waals surface area contributed by atoms with Gasteiger partial charge in [0.2, 0.25) is 0 Å². The Bertz CT molecular complexity index is 689. The maximum absolute atomic E-state index is 3.61. The summed E-state index contributed by atoms with van der Waals surface area (Å²) < 4.78 is 4.64. The molecule has 0 bridgehead atoms. The van der Waals surface area contributed by atoms with Crippen LogP contribution in [-0.2, 0) is 0 Å². The zero-order valence-electron chi connectivity index (χ0n) is 13.3. The van der Waals surface area contributed by atoms with E-state index < -0.39 is 22.7 Å². The molecular weight excluding hydrogens is 487 g/mol. The topological polar surface area (TPSA) is 27.0 Å². The molecule has 24 heavy (non-hydrogen) atoms. The fourth-order valence-corrected chi connectivity index (χ4v) is 12.5. The standard InChI is InChI=1S/3C6H5.C3H3N2.Pb/c3*1-2-4-6-5-3-1;1-2-5-3-4-1;/h3*1-5H;1-3H;/q;;;-1;. The van der Waals surface area contributed by atoms with Crippen molar-refractivity contribution in [3.05, 3.63) is 110 Å². The molecule has 2 nitrogen and oxygen atoms in total. The molecule has 0 unspecified atom stereocenters. The molecule has 0 aliphatic carbocycles. The molecule has 0 saturated carbocycles. The van der Waals surface area contributed by atoms with Crippen LogP contribution in [-0.4, -0.2) is 27.7 Å². The monoisotopic (exact) mass is 506 g/mol. The summed E-state index contributed by atoms with van der Waals surface area (Å²) in [5.74, 6) is 0. The summed E-state index contributed by atoms with van der Waals surface area (Å²) in [6.07, 6.45) is 4.78. The first kappa shape index (κ1) is 16.6. The molecule has 0 fully saturated rings. The predicted octanol–water partition coefficient (Wildman–Crippen LogP) is 2.24. The van der Waals surface area contributed by atoms with Crippen LogP contribution in [0.5, 0.6) is 0 Å². The van der Waals surface area contributed by atoms with Crippen molar-refractivity contribution < 1.29 is 0 Å². The fourth-order valence-electron chi connectivity index (χ4n) is 2.51. The van der Waals surface area contributed by atoms with Crippen molar-refractivity contribution in [1.29, 1.82) is 0 Å². The molecular formula is C21H18N2Pb-. The van der Waals surface area contributed by atoms with Gasteiger partial charge in [-0.15, -0.1) is 0 Å². The zero-order chi connectivity index (χ0) is 16.5. The molecule has 4 aromatic rings. The average Bonchev–Trinajstić information content (AvgIpc) is 3.25. The van der Waals surface area contributed by atoms with E-state index in [1.54, 1.807) is 21.8 Å². The zero-order valence-corrected chi connectivity index (χ0v) is 17.2. The van der Waals surface area contributed by atoms with Crippen molar-refractivity contribution in [2.24, 2.45) is 0 Å². The van der Waals surface area contributed by atoms with Crippen LogP contribution < -0.4 is 14.4 Å². The third-order valence-corrected chi connectivity index (χ3v) is 14.2. The number of aromatic nitrogens is 2. The third-order valence-electron chi connectivity index (χ3n) is 3.56. The quantitative estimate of drug-likeness (QED) is 0.400. The molecule has 1 heterocycles. The number of benzene rings is 3. The van der Waals surface area contributed by atoms with Crippen molar-refractivity contribution in [3.8, 4) is 0 Å². The van der Waals surface area contributed by atoms with Gasteiger partial charge in [0.1, 0.15) is 0 Å². The molecule has 1 radical (unpaired) electrons.